The molecule has 0 aliphatic heterocycles. The zero-order valence-electron chi connectivity index (χ0n) is 12.5. The standard InChI is InChI=1S/C15H32N2/c1-12-6-8-13(9-7-12)17(5)11-10-14(16)15(2,3)4/h12-14H,6-11,16H2,1-5H3. The van der Waals surface area contributed by atoms with Crippen molar-refractivity contribution in [3.8, 4) is 0 Å². The first-order valence-electron chi connectivity index (χ1n) is 7.26. The maximum absolute atomic E-state index is 6.22. The average Bonchev–Trinajstić information content (AvgIpc) is 2.25. The van der Waals surface area contributed by atoms with E-state index in [1.165, 1.54) is 25.7 Å². The van der Waals surface area contributed by atoms with Crippen molar-refractivity contribution in [1.82, 2.24) is 4.90 Å². The van der Waals surface area contributed by atoms with Crippen LogP contribution in [0.4, 0.5) is 0 Å². The summed E-state index contributed by atoms with van der Waals surface area (Å²) in [5.41, 5.74) is 6.46. The second kappa shape index (κ2) is 6.19. The molecule has 0 heterocycles. The molecule has 0 aromatic rings. The molecular formula is C15H32N2. The number of nitrogens with zero attached hydrogens (tertiary/aromatic N) is 1. The van der Waals surface area contributed by atoms with E-state index in [1.807, 2.05) is 0 Å². The van der Waals surface area contributed by atoms with Gasteiger partial charge in [0.05, 0.1) is 0 Å². The maximum Gasteiger partial charge on any atom is 0.00998 e. The summed E-state index contributed by atoms with van der Waals surface area (Å²) < 4.78 is 0. The van der Waals surface area contributed by atoms with Crippen molar-refractivity contribution in [3.63, 3.8) is 0 Å². The van der Waals surface area contributed by atoms with Crippen molar-refractivity contribution in [1.29, 1.82) is 0 Å². The highest BCUT2D eigenvalue weighted by Crippen LogP contribution is 2.27. The predicted octanol–water partition coefficient (Wildman–Crippen LogP) is 3.26. The first-order valence-corrected chi connectivity index (χ1v) is 7.26. The Kier molecular flexibility index (Phi) is 5.46. The van der Waals surface area contributed by atoms with Crippen molar-refractivity contribution in [2.45, 2.75) is 71.9 Å². The van der Waals surface area contributed by atoms with Gasteiger partial charge in [0.25, 0.3) is 0 Å². The Balaban J connectivity index is 2.27. The van der Waals surface area contributed by atoms with Crippen LogP contribution in [0.3, 0.4) is 0 Å². The van der Waals surface area contributed by atoms with E-state index in [9.17, 15) is 0 Å². The van der Waals surface area contributed by atoms with Gasteiger partial charge in [0, 0.05) is 12.1 Å². The Hall–Kier alpha value is -0.0800. The molecule has 1 aliphatic carbocycles. The van der Waals surface area contributed by atoms with Gasteiger partial charge in [-0.15, -0.1) is 0 Å². The van der Waals surface area contributed by atoms with Gasteiger partial charge < -0.3 is 10.6 Å². The third-order valence-corrected chi connectivity index (χ3v) is 4.51. The van der Waals surface area contributed by atoms with Crippen LogP contribution >= 0.6 is 0 Å². The number of hydrogen-bond donors (Lipinski definition) is 1. The van der Waals surface area contributed by atoms with Crippen molar-refractivity contribution in [2.75, 3.05) is 13.6 Å². The molecular weight excluding hydrogens is 208 g/mol. The topological polar surface area (TPSA) is 29.3 Å². The molecule has 2 heteroatoms. The molecule has 1 saturated carbocycles. The number of hydrogen-bond acceptors (Lipinski definition) is 2. The Morgan fingerprint density at radius 3 is 2.18 bits per heavy atom. The second-order valence-corrected chi connectivity index (χ2v) is 7.16. The highest BCUT2D eigenvalue weighted by molar-refractivity contribution is 4.81. The fourth-order valence-electron chi connectivity index (χ4n) is 2.64. The third-order valence-electron chi connectivity index (χ3n) is 4.51. The fourth-order valence-corrected chi connectivity index (χ4v) is 2.64. The van der Waals surface area contributed by atoms with Crippen LogP contribution in [0, 0.1) is 11.3 Å². The van der Waals surface area contributed by atoms with Gasteiger partial charge in [0.1, 0.15) is 0 Å². The van der Waals surface area contributed by atoms with Gasteiger partial charge in [-0.25, -0.2) is 0 Å². The van der Waals surface area contributed by atoms with E-state index >= 15 is 0 Å². The minimum atomic E-state index is 0.238. The van der Waals surface area contributed by atoms with E-state index in [0.717, 1.165) is 24.9 Å². The Labute approximate surface area is 108 Å². The highest BCUT2D eigenvalue weighted by Gasteiger charge is 2.24. The third kappa shape index (κ3) is 4.97. The summed E-state index contributed by atoms with van der Waals surface area (Å²) in [5, 5.41) is 0. The molecule has 0 amide bonds. The van der Waals surface area contributed by atoms with Crippen molar-refractivity contribution >= 4 is 0 Å². The van der Waals surface area contributed by atoms with Crippen molar-refractivity contribution in [3.05, 3.63) is 0 Å². The first-order chi connectivity index (χ1) is 7.80. The maximum atomic E-state index is 6.22. The van der Waals surface area contributed by atoms with Gasteiger partial charge in [-0.1, -0.05) is 27.7 Å². The van der Waals surface area contributed by atoms with E-state index in [0.29, 0.717) is 6.04 Å². The molecule has 2 nitrogen and oxygen atoms in total. The lowest BCUT2D eigenvalue weighted by molar-refractivity contribution is 0.156. The Morgan fingerprint density at radius 1 is 1.18 bits per heavy atom. The fraction of sp³-hybridized carbons (Fsp3) is 1.00. The lowest BCUT2D eigenvalue weighted by atomic mass is 9.84. The molecule has 0 aromatic carbocycles. The Morgan fingerprint density at radius 2 is 1.71 bits per heavy atom. The lowest BCUT2D eigenvalue weighted by Gasteiger charge is -2.35. The van der Waals surface area contributed by atoms with Gasteiger partial charge in [-0.05, 0) is 57.0 Å². The van der Waals surface area contributed by atoms with E-state index in [4.69, 9.17) is 5.73 Å². The lowest BCUT2D eigenvalue weighted by Crippen LogP contribution is -2.41. The van der Waals surface area contributed by atoms with Crippen LogP contribution in [0.15, 0.2) is 0 Å². The van der Waals surface area contributed by atoms with Crippen LogP contribution in [0.5, 0.6) is 0 Å². The summed E-state index contributed by atoms with van der Waals surface area (Å²) in [6.45, 7) is 10.2. The molecule has 0 bridgehead atoms. The SMILES string of the molecule is CC1CCC(N(C)CCC(N)C(C)(C)C)CC1. The molecule has 102 valence electrons. The minimum absolute atomic E-state index is 0.238. The zero-order chi connectivity index (χ0) is 13.1. The quantitative estimate of drug-likeness (QED) is 0.817. The summed E-state index contributed by atoms with van der Waals surface area (Å²) in [7, 11) is 2.27. The number of rotatable bonds is 4. The van der Waals surface area contributed by atoms with Crippen molar-refractivity contribution in [2.24, 2.45) is 17.1 Å². The van der Waals surface area contributed by atoms with Crippen molar-refractivity contribution < 1.29 is 0 Å². The predicted molar refractivity (Wildman–Crippen MR) is 76.1 cm³/mol. The van der Waals surface area contributed by atoms with E-state index in [2.05, 4.69) is 39.6 Å². The molecule has 2 N–H and O–H groups in total. The Bertz CT molecular complexity index is 211. The molecule has 0 aromatic heterocycles. The zero-order valence-corrected chi connectivity index (χ0v) is 12.5. The van der Waals surface area contributed by atoms with Crippen LogP contribution in [-0.2, 0) is 0 Å². The van der Waals surface area contributed by atoms with E-state index in [1.54, 1.807) is 0 Å². The summed E-state index contributed by atoms with van der Waals surface area (Å²) in [6, 6.07) is 1.12. The summed E-state index contributed by atoms with van der Waals surface area (Å²) in [5.74, 6) is 0.941. The smallest absolute Gasteiger partial charge is 0.00998 e. The van der Waals surface area contributed by atoms with Gasteiger partial charge in [-0.3, -0.25) is 0 Å². The van der Waals surface area contributed by atoms with E-state index < -0.39 is 0 Å². The molecule has 0 radical (unpaired) electrons. The van der Waals surface area contributed by atoms with Gasteiger partial charge >= 0.3 is 0 Å². The summed E-state index contributed by atoms with van der Waals surface area (Å²) in [4.78, 5) is 2.54. The molecule has 1 aliphatic rings. The van der Waals surface area contributed by atoms with Crippen LogP contribution in [0.2, 0.25) is 0 Å². The largest absolute Gasteiger partial charge is 0.327 e. The first kappa shape index (κ1) is 15.0. The van der Waals surface area contributed by atoms with Gasteiger partial charge in [-0.2, -0.15) is 0 Å². The normalized spacial score (nSPS) is 28.4. The molecule has 0 spiro atoms. The molecule has 1 unspecified atom stereocenters. The summed E-state index contributed by atoms with van der Waals surface area (Å²) in [6.07, 6.45) is 6.68. The van der Waals surface area contributed by atoms with Crippen LogP contribution in [0.25, 0.3) is 0 Å². The monoisotopic (exact) mass is 240 g/mol. The van der Waals surface area contributed by atoms with Crippen LogP contribution in [-0.4, -0.2) is 30.6 Å². The molecule has 0 saturated heterocycles. The summed E-state index contributed by atoms with van der Waals surface area (Å²) >= 11 is 0. The van der Waals surface area contributed by atoms with Crippen LogP contribution in [0.1, 0.15) is 59.8 Å². The number of nitrogens with two attached hydrogens (primary N) is 1. The highest BCUT2D eigenvalue weighted by atomic mass is 15.1. The molecule has 1 fully saturated rings. The van der Waals surface area contributed by atoms with Crippen LogP contribution < -0.4 is 5.73 Å². The average molecular weight is 240 g/mol. The van der Waals surface area contributed by atoms with E-state index in [-0.39, 0.29) is 5.41 Å². The van der Waals surface area contributed by atoms with Gasteiger partial charge in [0.2, 0.25) is 0 Å². The second-order valence-electron chi connectivity index (χ2n) is 7.16. The van der Waals surface area contributed by atoms with Gasteiger partial charge in [0.15, 0.2) is 0 Å². The molecule has 1 rings (SSSR count). The molecule has 17 heavy (non-hydrogen) atoms. The molecule has 1 atom stereocenters. The minimum Gasteiger partial charge on any atom is -0.327 e.